The van der Waals surface area contributed by atoms with Crippen LogP contribution in [0, 0.1) is 0 Å². The Kier molecular flexibility index (Phi) is 3.06. The summed E-state index contributed by atoms with van der Waals surface area (Å²) < 4.78 is 0. The number of hydrogen-bond acceptors (Lipinski definition) is 2. The van der Waals surface area contributed by atoms with Gasteiger partial charge in [0, 0.05) is 5.92 Å². The first-order chi connectivity index (χ1) is 10.1. The third-order valence-electron chi connectivity index (χ3n) is 3.67. The zero-order valence-electron chi connectivity index (χ0n) is 11.0. The van der Waals surface area contributed by atoms with Gasteiger partial charge in [-0.2, -0.15) is 0 Å². The van der Waals surface area contributed by atoms with Gasteiger partial charge in [-0.25, -0.2) is 9.59 Å². The lowest BCUT2D eigenvalue weighted by Crippen LogP contribution is -2.11. The molecular formula is C17H12O4. The maximum absolute atomic E-state index is 11.4. The van der Waals surface area contributed by atoms with Gasteiger partial charge >= 0.3 is 11.9 Å². The smallest absolute Gasteiger partial charge is 0.337 e. The van der Waals surface area contributed by atoms with Crippen LogP contribution in [-0.4, -0.2) is 22.2 Å². The van der Waals surface area contributed by atoms with Gasteiger partial charge in [-0.1, -0.05) is 48.6 Å². The van der Waals surface area contributed by atoms with Crippen LogP contribution in [0.4, 0.5) is 0 Å². The molecule has 1 aliphatic rings. The average molecular weight is 280 g/mol. The van der Waals surface area contributed by atoms with E-state index in [-0.39, 0.29) is 17.0 Å². The summed E-state index contributed by atoms with van der Waals surface area (Å²) in [5.74, 6) is -2.49. The highest BCUT2D eigenvalue weighted by molar-refractivity contribution is 6.05. The Morgan fingerprint density at radius 3 is 2.24 bits per heavy atom. The maximum atomic E-state index is 11.4. The first-order valence-corrected chi connectivity index (χ1v) is 6.46. The predicted molar refractivity (Wildman–Crippen MR) is 77.7 cm³/mol. The Morgan fingerprint density at radius 1 is 0.905 bits per heavy atom. The standard InChI is InChI=1S/C17H12O4/c18-16(19)14-9-7-12-11(10-4-2-1-3-5-10)6-8-13(12)15(14)17(20)21/h1-9,11H,(H,18,19)(H,20,21). The van der Waals surface area contributed by atoms with E-state index in [1.54, 1.807) is 12.1 Å². The first kappa shape index (κ1) is 13.1. The summed E-state index contributed by atoms with van der Waals surface area (Å²) in [6, 6.07) is 12.8. The molecule has 0 saturated carbocycles. The minimum atomic E-state index is -1.23. The van der Waals surface area contributed by atoms with Crippen LogP contribution in [-0.2, 0) is 0 Å². The van der Waals surface area contributed by atoms with E-state index >= 15 is 0 Å². The zero-order valence-corrected chi connectivity index (χ0v) is 11.0. The SMILES string of the molecule is O=C(O)c1ccc2c(c1C(=O)O)C=CC2c1ccccc1. The number of carboxylic acids is 2. The normalized spacial score (nSPS) is 15.7. The largest absolute Gasteiger partial charge is 0.478 e. The molecule has 0 radical (unpaired) electrons. The maximum Gasteiger partial charge on any atom is 0.337 e. The summed E-state index contributed by atoms with van der Waals surface area (Å²) in [5, 5.41) is 18.5. The van der Waals surface area contributed by atoms with Crippen molar-refractivity contribution in [2.24, 2.45) is 0 Å². The monoisotopic (exact) mass is 280 g/mol. The average Bonchev–Trinajstić information content (AvgIpc) is 2.90. The van der Waals surface area contributed by atoms with Gasteiger partial charge in [0.25, 0.3) is 0 Å². The van der Waals surface area contributed by atoms with Crippen molar-refractivity contribution in [3.8, 4) is 0 Å². The second-order valence-electron chi connectivity index (χ2n) is 4.85. The van der Waals surface area contributed by atoms with Crippen molar-refractivity contribution in [3.05, 3.63) is 76.4 Å². The highest BCUT2D eigenvalue weighted by Crippen LogP contribution is 2.38. The van der Waals surface area contributed by atoms with Gasteiger partial charge in [0.05, 0.1) is 11.1 Å². The fourth-order valence-electron chi connectivity index (χ4n) is 2.74. The van der Waals surface area contributed by atoms with Crippen molar-refractivity contribution < 1.29 is 19.8 Å². The molecule has 3 rings (SSSR count). The molecule has 1 aliphatic carbocycles. The highest BCUT2D eigenvalue weighted by Gasteiger charge is 2.27. The molecule has 0 spiro atoms. The molecule has 0 heterocycles. The quantitative estimate of drug-likeness (QED) is 0.905. The molecule has 2 aromatic carbocycles. The van der Waals surface area contributed by atoms with Crippen molar-refractivity contribution in [3.63, 3.8) is 0 Å². The number of carbonyl (C=O) groups is 2. The van der Waals surface area contributed by atoms with Gasteiger partial charge in [-0.15, -0.1) is 0 Å². The van der Waals surface area contributed by atoms with Crippen LogP contribution in [0.25, 0.3) is 6.08 Å². The Morgan fingerprint density at radius 2 is 1.62 bits per heavy atom. The van der Waals surface area contributed by atoms with Crippen molar-refractivity contribution in [2.75, 3.05) is 0 Å². The Bertz CT molecular complexity index is 760. The van der Waals surface area contributed by atoms with Gasteiger partial charge < -0.3 is 10.2 Å². The fraction of sp³-hybridized carbons (Fsp3) is 0.0588. The lowest BCUT2D eigenvalue weighted by atomic mass is 9.90. The number of aromatic carboxylic acids is 2. The van der Waals surface area contributed by atoms with Crippen molar-refractivity contribution >= 4 is 18.0 Å². The van der Waals surface area contributed by atoms with E-state index in [0.29, 0.717) is 5.56 Å². The Balaban J connectivity index is 2.18. The first-order valence-electron chi connectivity index (χ1n) is 6.46. The Hall–Kier alpha value is -2.88. The summed E-state index contributed by atoms with van der Waals surface area (Å²) in [7, 11) is 0. The molecule has 0 aromatic heterocycles. The van der Waals surface area contributed by atoms with Gasteiger partial charge in [0.15, 0.2) is 0 Å². The number of benzene rings is 2. The van der Waals surface area contributed by atoms with Crippen LogP contribution < -0.4 is 0 Å². The molecule has 4 nitrogen and oxygen atoms in total. The number of allylic oxidation sites excluding steroid dienone is 1. The molecule has 2 aromatic rings. The van der Waals surface area contributed by atoms with Crippen LogP contribution in [0.2, 0.25) is 0 Å². The molecule has 0 saturated heterocycles. The minimum absolute atomic E-state index is 0.0397. The third kappa shape index (κ3) is 2.10. The highest BCUT2D eigenvalue weighted by atomic mass is 16.4. The number of carboxylic acid groups (broad SMARTS) is 2. The van der Waals surface area contributed by atoms with Crippen LogP contribution in [0.15, 0.2) is 48.5 Å². The molecular weight excluding hydrogens is 268 g/mol. The Labute approximate surface area is 121 Å². The molecule has 4 heteroatoms. The van der Waals surface area contributed by atoms with Gasteiger partial charge in [-0.05, 0) is 22.8 Å². The zero-order chi connectivity index (χ0) is 15.0. The van der Waals surface area contributed by atoms with Crippen LogP contribution >= 0.6 is 0 Å². The van der Waals surface area contributed by atoms with E-state index in [9.17, 15) is 14.7 Å². The van der Waals surface area contributed by atoms with Gasteiger partial charge in [-0.3, -0.25) is 0 Å². The van der Waals surface area contributed by atoms with Crippen molar-refractivity contribution in [1.29, 1.82) is 0 Å². The van der Waals surface area contributed by atoms with Crippen molar-refractivity contribution in [2.45, 2.75) is 5.92 Å². The molecule has 104 valence electrons. The lowest BCUT2D eigenvalue weighted by Gasteiger charge is -2.13. The third-order valence-corrected chi connectivity index (χ3v) is 3.67. The molecule has 0 bridgehead atoms. The summed E-state index contributed by atoms with van der Waals surface area (Å²) in [5.41, 5.74) is 2.03. The van der Waals surface area contributed by atoms with E-state index in [2.05, 4.69) is 0 Å². The number of hydrogen-bond donors (Lipinski definition) is 2. The minimum Gasteiger partial charge on any atom is -0.478 e. The van der Waals surface area contributed by atoms with Gasteiger partial charge in [0.2, 0.25) is 0 Å². The fourth-order valence-corrected chi connectivity index (χ4v) is 2.74. The second kappa shape index (κ2) is 4.90. The van der Waals surface area contributed by atoms with Crippen molar-refractivity contribution in [1.82, 2.24) is 0 Å². The van der Waals surface area contributed by atoms with E-state index in [1.807, 2.05) is 36.4 Å². The second-order valence-corrected chi connectivity index (χ2v) is 4.85. The molecule has 1 atom stereocenters. The molecule has 0 fully saturated rings. The number of fused-ring (bicyclic) bond motifs is 1. The summed E-state index contributed by atoms with van der Waals surface area (Å²) >= 11 is 0. The summed E-state index contributed by atoms with van der Waals surface area (Å²) in [6.45, 7) is 0. The predicted octanol–water partition coefficient (Wildman–Crippen LogP) is 3.24. The van der Waals surface area contributed by atoms with Crippen LogP contribution in [0.5, 0.6) is 0 Å². The topological polar surface area (TPSA) is 74.6 Å². The molecule has 1 unspecified atom stereocenters. The van der Waals surface area contributed by atoms with E-state index in [0.717, 1.165) is 11.1 Å². The molecule has 2 N–H and O–H groups in total. The number of rotatable bonds is 3. The molecule has 21 heavy (non-hydrogen) atoms. The van der Waals surface area contributed by atoms with E-state index in [4.69, 9.17) is 5.11 Å². The lowest BCUT2D eigenvalue weighted by molar-refractivity contribution is 0.0651. The van der Waals surface area contributed by atoms with Crippen LogP contribution in [0.3, 0.4) is 0 Å². The summed E-state index contributed by atoms with van der Waals surface area (Å²) in [4.78, 5) is 22.6. The van der Waals surface area contributed by atoms with Crippen LogP contribution in [0.1, 0.15) is 43.3 Å². The molecule has 0 amide bonds. The summed E-state index contributed by atoms with van der Waals surface area (Å²) in [6.07, 6.45) is 3.60. The van der Waals surface area contributed by atoms with Gasteiger partial charge in [0.1, 0.15) is 0 Å². The molecule has 0 aliphatic heterocycles. The van der Waals surface area contributed by atoms with E-state index < -0.39 is 11.9 Å². The van der Waals surface area contributed by atoms with E-state index in [1.165, 1.54) is 6.07 Å².